The summed E-state index contributed by atoms with van der Waals surface area (Å²) in [6.07, 6.45) is 1.93. The van der Waals surface area contributed by atoms with Crippen LogP contribution in [0.25, 0.3) is 0 Å². The molecule has 1 aromatic carbocycles. The molecule has 0 aliphatic carbocycles. The van der Waals surface area contributed by atoms with Gasteiger partial charge in [-0.05, 0) is 24.8 Å². The van der Waals surface area contributed by atoms with E-state index in [-0.39, 0.29) is 11.6 Å². The Kier molecular flexibility index (Phi) is 6.54. The van der Waals surface area contributed by atoms with Gasteiger partial charge in [0, 0.05) is 31.8 Å². The Bertz CT molecular complexity index is 583. The lowest BCUT2D eigenvalue weighted by atomic mass is 10.1. The van der Waals surface area contributed by atoms with Crippen molar-refractivity contribution in [3.8, 4) is 0 Å². The third-order valence-electron chi connectivity index (χ3n) is 4.03. The number of hydrogen-bond donors (Lipinski definition) is 1. The SMILES string of the molecule is CC(C)CCCNC(=O)c1cc([N+](=O)[O-])ccc1N1CCOCC1. The van der Waals surface area contributed by atoms with E-state index in [0.29, 0.717) is 44.3 Å². The van der Waals surface area contributed by atoms with Gasteiger partial charge in [-0.2, -0.15) is 0 Å². The van der Waals surface area contributed by atoms with Gasteiger partial charge in [0.25, 0.3) is 11.6 Å². The van der Waals surface area contributed by atoms with Crippen LogP contribution in [0.2, 0.25) is 0 Å². The fraction of sp³-hybridized carbons (Fsp3) is 0.588. The predicted octanol–water partition coefficient (Wildman–Crippen LogP) is 2.60. The van der Waals surface area contributed by atoms with E-state index in [1.165, 1.54) is 12.1 Å². The first-order chi connectivity index (χ1) is 11.5. The molecule has 0 radical (unpaired) electrons. The Morgan fingerprint density at radius 3 is 2.71 bits per heavy atom. The van der Waals surface area contributed by atoms with Crippen LogP contribution in [0.3, 0.4) is 0 Å². The van der Waals surface area contributed by atoms with Gasteiger partial charge in [0.2, 0.25) is 0 Å². The number of carbonyl (C=O) groups excluding carboxylic acids is 1. The number of nitro groups is 1. The number of ether oxygens (including phenoxy) is 1. The fourth-order valence-electron chi connectivity index (χ4n) is 2.71. The molecule has 1 fully saturated rings. The molecule has 0 unspecified atom stereocenters. The number of rotatable bonds is 7. The van der Waals surface area contributed by atoms with Crippen molar-refractivity contribution in [1.82, 2.24) is 5.32 Å². The fourth-order valence-corrected chi connectivity index (χ4v) is 2.71. The van der Waals surface area contributed by atoms with Crippen molar-refractivity contribution in [2.24, 2.45) is 5.92 Å². The lowest BCUT2D eigenvalue weighted by Gasteiger charge is -2.30. The number of non-ortho nitro benzene ring substituents is 1. The second kappa shape index (κ2) is 8.63. The minimum Gasteiger partial charge on any atom is -0.378 e. The molecule has 0 saturated carbocycles. The summed E-state index contributed by atoms with van der Waals surface area (Å²) in [5, 5.41) is 13.9. The maximum Gasteiger partial charge on any atom is 0.270 e. The van der Waals surface area contributed by atoms with E-state index in [0.717, 1.165) is 18.5 Å². The summed E-state index contributed by atoms with van der Waals surface area (Å²) >= 11 is 0. The van der Waals surface area contributed by atoms with Gasteiger partial charge >= 0.3 is 0 Å². The summed E-state index contributed by atoms with van der Waals surface area (Å²) in [6.45, 7) is 7.37. The molecule has 24 heavy (non-hydrogen) atoms. The van der Waals surface area contributed by atoms with Crippen molar-refractivity contribution >= 4 is 17.3 Å². The monoisotopic (exact) mass is 335 g/mol. The van der Waals surface area contributed by atoms with Gasteiger partial charge in [0.05, 0.1) is 29.4 Å². The zero-order valence-corrected chi connectivity index (χ0v) is 14.3. The average molecular weight is 335 g/mol. The lowest BCUT2D eigenvalue weighted by molar-refractivity contribution is -0.384. The number of nitrogens with zero attached hydrogens (tertiary/aromatic N) is 2. The number of nitrogens with one attached hydrogen (secondary N) is 1. The molecule has 0 aromatic heterocycles. The Hall–Kier alpha value is -2.15. The molecule has 1 heterocycles. The van der Waals surface area contributed by atoms with Crippen molar-refractivity contribution in [1.29, 1.82) is 0 Å². The number of amides is 1. The van der Waals surface area contributed by atoms with E-state index in [4.69, 9.17) is 4.74 Å². The molecule has 7 nitrogen and oxygen atoms in total. The third-order valence-corrected chi connectivity index (χ3v) is 4.03. The van der Waals surface area contributed by atoms with Crippen molar-refractivity contribution in [3.63, 3.8) is 0 Å². The highest BCUT2D eigenvalue weighted by Gasteiger charge is 2.21. The van der Waals surface area contributed by atoms with Crippen LogP contribution in [0, 0.1) is 16.0 Å². The standard InChI is InChI=1S/C17H25N3O4/c1-13(2)4-3-7-18-17(21)15-12-14(20(22)23)5-6-16(15)19-8-10-24-11-9-19/h5-6,12-13H,3-4,7-11H2,1-2H3,(H,18,21). The predicted molar refractivity (Wildman–Crippen MR) is 92.5 cm³/mol. The second-order valence-electron chi connectivity index (χ2n) is 6.35. The topological polar surface area (TPSA) is 84.7 Å². The molecule has 0 bridgehead atoms. The Morgan fingerprint density at radius 1 is 1.38 bits per heavy atom. The highest BCUT2D eigenvalue weighted by atomic mass is 16.6. The summed E-state index contributed by atoms with van der Waals surface area (Å²) in [5.41, 5.74) is 1.01. The lowest BCUT2D eigenvalue weighted by Crippen LogP contribution is -2.38. The summed E-state index contributed by atoms with van der Waals surface area (Å²) in [5.74, 6) is 0.326. The Morgan fingerprint density at radius 2 is 2.08 bits per heavy atom. The quantitative estimate of drug-likeness (QED) is 0.470. The van der Waals surface area contributed by atoms with Gasteiger partial charge in [-0.3, -0.25) is 14.9 Å². The van der Waals surface area contributed by atoms with Gasteiger partial charge in [0.15, 0.2) is 0 Å². The largest absolute Gasteiger partial charge is 0.378 e. The summed E-state index contributed by atoms with van der Waals surface area (Å²) in [7, 11) is 0. The van der Waals surface area contributed by atoms with Crippen LogP contribution in [0.5, 0.6) is 0 Å². The van der Waals surface area contributed by atoms with E-state index in [9.17, 15) is 14.9 Å². The maximum atomic E-state index is 12.5. The molecule has 1 saturated heterocycles. The van der Waals surface area contributed by atoms with E-state index >= 15 is 0 Å². The molecule has 1 aliphatic heterocycles. The molecular formula is C17H25N3O4. The molecule has 0 spiro atoms. The van der Waals surface area contributed by atoms with Crippen LogP contribution in [-0.4, -0.2) is 43.7 Å². The number of benzene rings is 1. The van der Waals surface area contributed by atoms with Gasteiger partial charge in [-0.25, -0.2) is 0 Å². The highest BCUT2D eigenvalue weighted by Crippen LogP contribution is 2.26. The third kappa shape index (κ3) is 4.92. The highest BCUT2D eigenvalue weighted by molar-refractivity contribution is 6.00. The Balaban J connectivity index is 2.15. The minimum atomic E-state index is -0.474. The number of anilines is 1. The van der Waals surface area contributed by atoms with Crippen molar-refractivity contribution in [3.05, 3.63) is 33.9 Å². The zero-order chi connectivity index (χ0) is 17.5. The average Bonchev–Trinajstić information content (AvgIpc) is 2.58. The van der Waals surface area contributed by atoms with Crippen LogP contribution >= 0.6 is 0 Å². The Labute approximate surface area is 142 Å². The van der Waals surface area contributed by atoms with Crippen LogP contribution in [0.15, 0.2) is 18.2 Å². The normalized spacial score (nSPS) is 14.7. The smallest absolute Gasteiger partial charge is 0.270 e. The number of nitro benzene ring substituents is 1. The molecule has 1 amide bonds. The van der Waals surface area contributed by atoms with Crippen molar-refractivity contribution in [2.45, 2.75) is 26.7 Å². The number of hydrogen-bond acceptors (Lipinski definition) is 5. The number of morpholine rings is 1. The van der Waals surface area contributed by atoms with Crippen LogP contribution < -0.4 is 10.2 Å². The first kappa shape index (κ1) is 18.2. The molecule has 1 N–H and O–H groups in total. The molecule has 1 aliphatic rings. The molecule has 132 valence electrons. The molecule has 1 aromatic rings. The number of carbonyl (C=O) groups is 1. The summed E-state index contributed by atoms with van der Waals surface area (Å²) in [6, 6.07) is 4.47. The van der Waals surface area contributed by atoms with Gasteiger partial charge in [-0.1, -0.05) is 13.8 Å². The van der Waals surface area contributed by atoms with E-state index in [1.54, 1.807) is 6.07 Å². The van der Waals surface area contributed by atoms with Gasteiger partial charge < -0.3 is 15.0 Å². The van der Waals surface area contributed by atoms with Crippen LogP contribution in [0.4, 0.5) is 11.4 Å². The van der Waals surface area contributed by atoms with E-state index in [1.807, 2.05) is 4.90 Å². The van der Waals surface area contributed by atoms with Gasteiger partial charge in [0.1, 0.15) is 0 Å². The minimum absolute atomic E-state index is 0.0701. The van der Waals surface area contributed by atoms with Crippen molar-refractivity contribution < 1.29 is 14.5 Å². The zero-order valence-electron chi connectivity index (χ0n) is 14.3. The maximum absolute atomic E-state index is 12.5. The van der Waals surface area contributed by atoms with Crippen LogP contribution in [0.1, 0.15) is 37.0 Å². The molecular weight excluding hydrogens is 310 g/mol. The van der Waals surface area contributed by atoms with E-state index in [2.05, 4.69) is 19.2 Å². The summed E-state index contributed by atoms with van der Waals surface area (Å²) < 4.78 is 5.33. The van der Waals surface area contributed by atoms with E-state index < -0.39 is 4.92 Å². The molecule has 2 rings (SSSR count). The second-order valence-corrected chi connectivity index (χ2v) is 6.35. The first-order valence-corrected chi connectivity index (χ1v) is 8.38. The summed E-state index contributed by atoms with van der Waals surface area (Å²) in [4.78, 5) is 25.1. The first-order valence-electron chi connectivity index (χ1n) is 8.38. The van der Waals surface area contributed by atoms with Crippen molar-refractivity contribution in [2.75, 3.05) is 37.7 Å². The molecule has 7 heteroatoms. The van der Waals surface area contributed by atoms with Crippen LogP contribution in [-0.2, 0) is 4.74 Å². The molecule has 0 atom stereocenters. The van der Waals surface area contributed by atoms with Gasteiger partial charge in [-0.15, -0.1) is 0 Å².